The molecule has 0 saturated heterocycles. The third-order valence-corrected chi connectivity index (χ3v) is 1.14. The van der Waals surface area contributed by atoms with Crippen LogP contribution in [0.3, 0.4) is 0 Å². The molecule has 0 aliphatic rings. The Labute approximate surface area is 62.4 Å². The van der Waals surface area contributed by atoms with E-state index in [2.05, 4.69) is 0 Å². The molecule has 0 saturated carbocycles. The minimum absolute atomic E-state index is 0.241. The largest absolute Gasteiger partial charge is 0.542 e. The number of carboxylic acid groups (broad SMARTS) is 1. The zero-order chi connectivity index (χ0) is 8.27. The van der Waals surface area contributed by atoms with Gasteiger partial charge in [-0.2, -0.15) is 0 Å². The van der Waals surface area contributed by atoms with Crippen molar-refractivity contribution in [2.75, 3.05) is 0 Å². The van der Waals surface area contributed by atoms with E-state index in [4.69, 9.17) is 4.42 Å². The van der Waals surface area contributed by atoms with E-state index in [0.29, 0.717) is 5.76 Å². The fourth-order valence-electron chi connectivity index (χ4n) is 0.644. The fourth-order valence-corrected chi connectivity index (χ4v) is 0.644. The van der Waals surface area contributed by atoms with Crippen LogP contribution < -0.4 is 5.11 Å². The summed E-state index contributed by atoms with van der Waals surface area (Å²) in [6.45, 7) is 0. The molecule has 11 heavy (non-hydrogen) atoms. The third-order valence-electron chi connectivity index (χ3n) is 1.14. The first-order valence-corrected chi connectivity index (χ1v) is 2.96. The van der Waals surface area contributed by atoms with Gasteiger partial charge in [0.05, 0.1) is 12.7 Å². The van der Waals surface area contributed by atoms with E-state index < -0.39 is 11.8 Å². The fraction of sp³-hybridized carbons (Fsp3) is 0.143. The van der Waals surface area contributed by atoms with E-state index in [-0.39, 0.29) is 6.42 Å². The Hall–Kier alpha value is -1.58. The molecule has 1 aromatic heterocycles. The molecule has 4 nitrogen and oxygen atoms in total. The second kappa shape index (κ2) is 3.01. The maximum absolute atomic E-state index is 10.5. The Bertz CT molecular complexity index is 260. The number of carbonyl (C=O) groups is 2. The van der Waals surface area contributed by atoms with Gasteiger partial charge in [-0.1, -0.05) is 0 Å². The van der Waals surface area contributed by atoms with E-state index >= 15 is 0 Å². The van der Waals surface area contributed by atoms with Gasteiger partial charge in [-0.3, -0.25) is 4.79 Å². The number of hydrogen-bond donors (Lipinski definition) is 0. The Morgan fingerprint density at radius 2 is 2.27 bits per heavy atom. The normalized spacial score (nSPS) is 9.45. The van der Waals surface area contributed by atoms with E-state index in [1.807, 2.05) is 0 Å². The molecule has 0 aliphatic carbocycles. The van der Waals surface area contributed by atoms with Gasteiger partial charge in [0.15, 0.2) is 5.78 Å². The highest BCUT2D eigenvalue weighted by Crippen LogP contribution is 2.00. The number of ketones is 1. The lowest BCUT2D eigenvalue weighted by atomic mass is 10.2. The summed E-state index contributed by atoms with van der Waals surface area (Å²) in [5.74, 6) is -2.32. The summed E-state index contributed by atoms with van der Waals surface area (Å²) < 4.78 is 4.74. The van der Waals surface area contributed by atoms with Crippen molar-refractivity contribution in [1.82, 2.24) is 0 Å². The number of furan rings is 1. The molecule has 0 amide bonds. The molecule has 0 spiro atoms. The Morgan fingerprint density at radius 3 is 2.73 bits per heavy atom. The molecule has 1 heterocycles. The average Bonchev–Trinajstić information content (AvgIpc) is 2.39. The standard InChI is InChI=1S/C7H6O4/c8-6(7(9)10)4-5-2-1-3-11-5/h1-3H,4H2,(H,9,10)/p-1. The van der Waals surface area contributed by atoms with E-state index in [1.54, 1.807) is 6.07 Å². The van der Waals surface area contributed by atoms with E-state index in [9.17, 15) is 14.7 Å². The number of aliphatic carboxylic acids is 1. The Balaban J connectivity index is 2.57. The van der Waals surface area contributed by atoms with Gasteiger partial charge in [-0.15, -0.1) is 0 Å². The zero-order valence-corrected chi connectivity index (χ0v) is 5.57. The molecule has 4 heteroatoms. The molecule has 1 rings (SSSR count). The topological polar surface area (TPSA) is 70.3 Å². The lowest BCUT2D eigenvalue weighted by molar-refractivity contribution is -0.299. The van der Waals surface area contributed by atoms with Crippen LogP contribution in [0.5, 0.6) is 0 Å². The van der Waals surface area contributed by atoms with Crippen LogP contribution in [0.15, 0.2) is 22.8 Å². The SMILES string of the molecule is O=C([O-])C(=O)Cc1ccco1. The zero-order valence-electron chi connectivity index (χ0n) is 5.57. The molecular formula is C7H5O4-. The van der Waals surface area contributed by atoms with Crippen LogP contribution in [0.4, 0.5) is 0 Å². The Kier molecular flexibility index (Phi) is 2.06. The quantitative estimate of drug-likeness (QED) is 0.530. The van der Waals surface area contributed by atoms with Gasteiger partial charge in [0.25, 0.3) is 0 Å². The van der Waals surface area contributed by atoms with Crippen molar-refractivity contribution >= 4 is 11.8 Å². The van der Waals surface area contributed by atoms with Gasteiger partial charge in [-0.05, 0) is 12.1 Å². The van der Waals surface area contributed by atoms with Crippen LogP contribution >= 0.6 is 0 Å². The molecule has 0 radical (unpaired) electrons. The number of hydrogen-bond acceptors (Lipinski definition) is 4. The predicted octanol–water partition coefficient (Wildman–Crippen LogP) is -0.859. The van der Waals surface area contributed by atoms with Crippen LogP contribution in [-0.4, -0.2) is 11.8 Å². The van der Waals surface area contributed by atoms with Crippen molar-refractivity contribution in [3.05, 3.63) is 24.2 Å². The first-order valence-electron chi connectivity index (χ1n) is 2.96. The molecule has 58 valence electrons. The summed E-state index contributed by atoms with van der Waals surface area (Å²) in [5.41, 5.74) is 0. The molecule has 0 aromatic carbocycles. The second-order valence-electron chi connectivity index (χ2n) is 1.97. The highest BCUT2D eigenvalue weighted by Gasteiger charge is 2.05. The summed E-state index contributed by atoms with van der Waals surface area (Å²) in [5, 5.41) is 9.92. The minimum Gasteiger partial charge on any atom is -0.542 e. The van der Waals surface area contributed by atoms with Gasteiger partial charge in [0.1, 0.15) is 11.7 Å². The highest BCUT2D eigenvalue weighted by atomic mass is 16.4. The minimum atomic E-state index is -1.68. The lowest BCUT2D eigenvalue weighted by Crippen LogP contribution is -2.32. The van der Waals surface area contributed by atoms with Crippen molar-refractivity contribution in [3.63, 3.8) is 0 Å². The summed E-state index contributed by atoms with van der Waals surface area (Å²) in [6.07, 6.45) is 1.13. The molecule has 1 aromatic rings. The summed E-state index contributed by atoms with van der Waals surface area (Å²) in [7, 11) is 0. The average molecular weight is 153 g/mol. The second-order valence-corrected chi connectivity index (χ2v) is 1.97. The maximum Gasteiger partial charge on any atom is 0.185 e. The molecule has 0 unspecified atom stereocenters. The van der Waals surface area contributed by atoms with Gasteiger partial charge in [0, 0.05) is 0 Å². The van der Waals surface area contributed by atoms with Gasteiger partial charge < -0.3 is 14.3 Å². The van der Waals surface area contributed by atoms with Crippen molar-refractivity contribution in [2.45, 2.75) is 6.42 Å². The van der Waals surface area contributed by atoms with Crippen molar-refractivity contribution in [2.24, 2.45) is 0 Å². The smallest absolute Gasteiger partial charge is 0.185 e. The third kappa shape index (κ3) is 1.93. The number of Topliss-reactive ketones (excluding diaryl/α,β-unsaturated/α-hetero) is 1. The predicted molar refractivity (Wildman–Crippen MR) is 32.4 cm³/mol. The van der Waals surface area contributed by atoms with Crippen LogP contribution in [0.25, 0.3) is 0 Å². The molecule has 0 atom stereocenters. The van der Waals surface area contributed by atoms with Crippen LogP contribution in [0, 0.1) is 0 Å². The summed E-state index contributed by atoms with van der Waals surface area (Å²) in [4.78, 5) is 20.4. The number of carbonyl (C=O) groups excluding carboxylic acids is 2. The molecular weight excluding hydrogens is 148 g/mol. The van der Waals surface area contributed by atoms with Gasteiger partial charge >= 0.3 is 0 Å². The molecule has 0 fully saturated rings. The van der Waals surface area contributed by atoms with Gasteiger partial charge in [-0.25, -0.2) is 0 Å². The maximum atomic E-state index is 10.5. The summed E-state index contributed by atoms with van der Waals surface area (Å²) in [6, 6.07) is 3.11. The first-order chi connectivity index (χ1) is 5.20. The van der Waals surface area contributed by atoms with E-state index in [1.165, 1.54) is 12.3 Å². The first kappa shape index (κ1) is 7.53. The molecule has 0 bridgehead atoms. The monoisotopic (exact) mass is 153 g/mol. The van der Waals surface area contributed by atoms with E-state index in [0.717, 1.165) is 0 Å². The van der Waals surface area contributed by atoms with Crippen LogP contribution in [0.1, 0.15) is 5.76 Å². The van der Waals surface area contributed by atoms with Crippen molar-refractivity contribution < 1.29 is 19.1 Å². The highest BCUT2D eigenvalue weighted by molar-refractivity contribution is 6.32. The molecule has 0 aliphatic heterocycles. The van der Waals surface area contributed by atoms with Crippen LogP contribution in [-0.2, 0) is 16.0 Å². The van der Waals surface area contributed by atoms with Crippen LogP contribution in [0.2, 0.25) is 0 Å². The van der Waals surface area contributed by atoms with Gasteiger partial charge in [0.2, 0.25) is 0 Å². The molecule has 0 N–H and O–H groups in total. The Morgan fingerprint density at radius 1 is 1.55 bits per heavy atom. The number of carboxylic acids is 1. The van der Waals surface area contributed by atoms with Crippen molar-refractivity contribution in [1.29, 1.82) is 0 Å². The van der Waals surface area contributed by atoms with Crippen molar-refractivity contribution in [3.8, 4) is 0 Å². The number of rotatable bonds is 3. The lowest BCUT2D eigenvalue weighted by Gasteiger charge is -1.96. The summed E-state index contributed by atoms with van der Waals surface area (Å²) >= 11 is 0.